The fraction of sp³-hybridized carbons (Fsp3) is 0.231. The van der Waals surface area contributed by atoms with Crippen molar-refractivity contribution < 1.29 is 9.47 Å². The van der Waals surface area contributed by atoms with Crippen molar-refractivity contribution >= 4 is 11.8 Å². The molecule has 0 aromatic heterocycles. The predicted molar refractivity (Wildman–Crippen MR) is 119 cm³/mol. The third-order valence-electron chi connectivity index (χ3n) is 5.41. The van der Waals surface area contributed by atoms with Crippen molar-refractivity contribution in [1.82, 2.24) is 0 Å². The van der Waals surface area contributed by atoms with Crippen LogP contribution in [0.2, 0.25) is 0 Å². The zero-order valence-electron chi connectivity index (χ0n) is 16.8. The van der Waals surface area contributed by atoms with Crippen LogP contribution in [0, 0.1) is 0 Å². The molecule has 0 bridgehead atoms. The minimum Gasteiger partial charge on any atom is -0.475 e. The summed E-state index contributed by atoms with van der Waals surface area (Å²) in [7, 11) is 0. The SMILES string of the molecule is c1ccc(C[C@@H]2COC(c3cccc(C4=N[C@H](Cc5ccccc5)CO4)c3)=N2)cc1. The van der Waals surface area contributed by atoms with Gasteiger partial charge in [0.05, 0.1) is 12.1 Å². The van der Waals surface area contributed by atoms with Crippen LogP contribution in [0.4, 0.5) is 0 Å². The highest BCUT2D eigenvalue weighted by atomic mass is 16.5. The summed E-state index contributed by atoms with van der Waals surface area (Å²) in [5.74, 6) is 1.41. The summed E-state index contributed by atoms with van der Waals surface area (Å²) in [6.45, 7) is 1.23. The van der Waals surface area contributed by atoms with Crippen molar-refractivity contribution in [3.05, 3.63) is 107 Å². The molecule has 150 valence electrons. The molecule has 0 N–H and O–H groups in total. The molecule has 2 heterocycles. The molecule has 4 heteroatoms. The second-order valence-corrected chi connectivity index (χ2v) is 7.76. The molecule has 4 nitrogen and oxygen atoms in total. The van der Waals surface area contributed by atoms with E-state index in [0.717, 1.165) is 24.0 Å². The second kappa shape index (κ2) is 8.54. The smallest absolute Gasteiger partial charge is 0.216 e. The molecule has 5 rings (SSSR count). The van der Waals surface area contributed by atoms with Gasteiger partial charge in [-0.2, -0.15) is 0 Å². The third kappa shape index (κ3) is 4.28. The van der Waals surface area contributed by atoms with Crippen LogP contribution in [0.1, 0.15) is 22.3 Å². The Morgan fingerprint density at radius 1 is 0.600 bits per heavy atom. The van der Waals surface area contributed by atoms with Gasteiger partial charge in [-0.25, -0.2) is 9.98 Å². The number of rotatable bonds is 6. The predicted octanol–water partition coefficient (Wildman–Crippen LogP) is 4.46. The molecule has 0 unspecified atom stereocenters. The molecule has 0 spiro atoms. The van der Waals surface area contributed by atoms with Gasteiger partial charge in [-0.15, -0.1) is 0 Å². The van der Waals surface area contributed by atoms with Crippen molar-refractivity contribution in [2.75, 3.05) is 13.2 Å². The fourth-order valence-electron chi connectivity index (χ4n) is 3.91. The van der Waals surface area contributed by atoms with E-state index < -0.39 is 0 Å². The summed E-state index contributed by atoms with van der Waals surface area (Å²) in [5.41, 5.74) is 4.51. The van der Waals surface area contributed by atoms with Crippen LogP contribution < -0.4 is 0 Å². The quantitative estimate of drug-likeness (QED) is 0.617. The zero-order chi connectivity index (χ0) is 20.2. The first-order valence-corrected chi connectivity index (χ1v) is 10.4. The Labute approximate surface area is 176 Å². The van der Waals surface area contributed by atoms with E-state index in [-0.39, 0.29) is 12.1 Å². The molecular weight excluding hydrogens is 372 g/mol. The molecule has 3 aromatic carbocycles. The van der Waals surface area contributed by atoms with Crippen molar-refractivity contribution in [3.63, 3.8) is 0 Å². The summed E-state index contributed by atoms with van der Waals surface area (Å²) >= 11 is 0. The summed E-state index contributed by atoms with van der Waals surface area (Å²) in [6, 6.07) is 29.3. The van der Waals surface area contributed by atoms with Gasteiger partial charge in [0.15, 0.2) is 0 Å². The lowest BCUT2D eigenvalue weighted by Crippen LogP contribution is -2.09. The van der Waals surface area contributed by atoms with Crippen LogP contribution in [0.5, 0.6) is 0 Å². The van der Waals surface area contributed by atoms with Gasteiger partial charge in [0.25, 0.3) is 0 Å². The molecular formula is C26H24N2O2. The monoisotopic (exact) mass is 396 g/mol. The maximum Gasteiger partial charge on any atom is 0.216 e. The number of aliphatic imine (C=N–C) groups is 2. The fourth-order valence-corrected chi connectivity index (χ4v) is 3.91. The van der Waals surface area contributed by atoms with Crippen LogP contribution >= 0.6 is 0 Å². The highest BCUT2D eigenvalue weighted by molar-refractivity contribution is 6.00. The summed E-state index contributed by atoms with van der Waals surface area (Å²) in [5, 5.41) is 0. The average Bonchev–Trinajstić information content (AvgIpc) is 3.45. The van der Waals surface area contributed by atoms with E-state index in [1.54, 1.807) is 0 Å². The topological polar surface area (TPSA) is 43.2 Å². The van der Waals surface area contributed by atoms with Crippen LogP contribution in [-0.4, -0.2) is 37.1 Å². The minimum absolute atomic E-state index is 0.154. The molecule has 0 aliphatic carbocycles. The molecule has 3 aromatic rings. The Hall–Kier alpha value is -3.40. The molecule has 0 amide bonds. The largest absolute Gasteiger partial charge is 0.475 e. The zero-order valence-corrected chi connectivity index (χ0v) is 16.8. The molecule has 2 atom stereocenters. The Balaban J connectivity index is 1.29. The highest BCUT2D eigenvalue weighted by Gasteiger charge is 2.23. The lowest BCUT2D eigenvalue weighted by atomic mass is 10.1. The lowest BCUT2D eigenvalue weighted by Gasteiger charge is -2.05. The Bertz CT molecular complexity index is 978. The van der Waals surface area contributed by atoms with Crippen molar-refractivity contribution in [2.45, 2.75) is 24.9 Å². The Kier molecular flexibility index (Phi) is 5.30. The third-order valence-corrected chi connectivity index (χ3v) is 5.41. The maximum atomic E-state index is 5.91. The maximum absolute atomic E-state index is 5.91. The summed E-state index contributed by atoms with van der Waals surface area (Å²) in [4.78, 5) is 9.61. The first-order chi connectivity index (χ1) is 14.8. The first kappa shape index (κ1) is 18.6. The number of hydrogen-bond donors (Lipinski definition) is 0. The van der Waals surface area contributed by atoms with E-state index in [4.69, 9.17) is 19.5 Å². The van der Waals surface area contributed by atoms with Gasteiger partial charge < -0.3 is 9.47 Å². The van der Waals surface area contributed by atoms with Gasteiger partial charge in [0.2, 0.25) is 11.8 Å². The normalized spacial score (nSPS) is 20.3. The van der Waals surface area contributed by atoms with Crippen molar-refractivity contribution in [2.24, 2.45) is 9.98 Å². The second-order valence-electron chi connectivity index (χ2n) is 7.76. The van der Waals surface area contributed by atoms with E-state index in [0.29, 0.717) is 25.0 Å². The van der Waals surface area contributed by atoms with E-state index in [1.165, 1.54) is 11.1 Å². The van der Waals surface area contributed by atoms with Crippen LogP contribution in [0.25, 0.3) is 0 Å². The van der Waals surface area contributed by atoms with Gasteiger partial charge in [-0.1, -0.05) is 66.7 Å². The van der Waals surface area contributed by atoms with Crippen molar-refractivity contribution in [1.29, 1.82) is 0 Å². The van der Waals surface area contributed by atoms with Gasteiger partial charge in [0, 0.05) is 11.1 Å². The van der Waals surface area contributed by atoms with Gasteiger partial charge in [-0.05, 0) is 42.2 Å². The van der Waals surface area contributed by atoms with Crippen LogP contribution in [0.3, 0.4) is 0 Å². The van der Waals surface area contributed by atoms with Crippen molar-refractivity contribution in [3.8, 4) is 0 Å². The lowest BCUT2D eigenvalue weighted by molar-refractivity contribution is 0.316. The van der Waals surface area contributed by atoms with E-state index >= 15 is 0 Å². The van der Waals surface area contributed by atoms with E-state index in [1.807, 2.05) is 30.3 Å². The molecule has 0 saturated carbocycles. The average molecular weight is 396 g/mol. The molecule has 0 fully saturated rings. The van der Waals surface area contributed by atoms with Crippen LogP contribution in [-0.2, 0) is 22.3 Å². The first-order valence-electron chi connectivity index (χ1n) is 10.4. The van der Waals surface area contributed by atoms with Gasteiger partial charge in [-0.3, -0.25) is 0 Å². The van der Waals surface area contributed by atoms with Gasteiger partial charge >= 0.3 is 0 Å². The molecule has 2 aliphatic rings. The molecule has 0 saturated heterocycles. The number of hydrogen-bond acceptors (Lipinski definition) is 4. The molecule has 30 heavy (non-hydrogen) atoms. The minimum atomic E-state index is 0.154. The Morgan fingerprint density at radius 2 is 1.07 bits per heavy atom. The Morgan fingerprint density at radius 3 is 1.53 bits per heavy atom. The molecule has 2 aliphatic heterocycles. The van der Waals surface area contributed by atoms with Gasteiger partial charge in [0.1, 0.15) is 13.2 Å². The number of nitrogens with zero attached hydrogens (tertiary/aromatic N) is 2. The van der Waals surface area contributed by atoms with Crippen LogP contribution in [0.15, 0.2) is 94.9 Å². The molecule has 0 radical (unpaired) electrons. The number of ether oxygens (including phenoxy) is 2. The highest BCUT2D eigenvalue weighted by Crippen LogP contribution is 2.20. The number of benzene rings is 3. The van der Waals surface area contributed by atoms with E-state index in [9.17, 15) is 0 Å². The standard InChI is InChI=1S/C26H24N2O2/c1-3-8-19(9-4-1)14-23-17-29-25(27-23)21-12-7-13-22(16-21)26-28-24(18-30-26)15-20-10-5-2-6-11-20/h1-13,16,23-24H,14-15,17-18H2/t23-,24-/m1/s1. The summed E-state index contributed by atoms with van der Waals surface area (Å²) in [6.07, 6.45) is 1.78. The van der Waals surface area contributed by atoms with E-state index in [2.05, 4.69) is 54.6 Å². The summed E-state index contributed by atoms with van der Waals surface area (Å²) < 4.78 is 11.8.